The van der Waals surface area contributed by atoms with Gasteiger partial charge in [0.05, 0.1) is 34.4 Å². The highest BCUT2D eigenvalue weighted by Crippen LogP contribution is 2.37. The van der Waals surface area contributed by atoms with Crippen molar-refractivity contribution in [1.29, 1.82) is 0 Å². The highest BCUT2D eigenvalue weighted by Gasteiger charge is 2.40. The third kappa shape index (κ3) is 5.18. The van der Waals surface area contributed by atoms with Crippen LogP contribution in [0.3, 0.4) is 0 Å². The van der Waals surface area contributed by atoms with Crippen LogP contribution >= 0.6 is 23.2 Å². The molecule has 0 bridgehead atoms. The zero-order valence-electron chi connectivity index (χ0n) is 18.7. The van der Waals surface area contributed by atoms with Crippen molar-refractivity contribution >= 4 is 34.8 Å². The zero-order valence-corrected chi connectivity index (χ0v) is 20.2. The molecule has 13 heteroatoms. The maximum absolute atomic E-state index is 14.0. The Kier molecular flexibility index (Phi) is 7.25. The van der Waals surface area contributed by atoms with Gasteiger partial charge in [-0.25, -0.2) is 4.68 Å². The number of nitrogens with zero attached hydrogens (tertiary/aromatic N) is 4. The van der Waals surface area contributed by atoms with Gasteiger partial charge in [-0.2, -0.15) is 23.4 Å². The van der Waals surface area contributed by atoms with E-state index < -0.39 is 23.3 Å². The molecule has 0 aliphatic carbocycles. The number of hydrogen-bond donors (Lipinski definition) is 2. The summed E-state index contributed by atoms with van der Waals surface area (Å²) in [6.45, 7) is 0.474. The van der Waals surface area contributed by atoms with E-state index in [9.17, 15) is 18.0 Å². The maximum Gasteiger partial charge on any atom is 0.434 e. The summed E-state index contributed by atoms with van der Waals surface area (Å²) in [5.74, 6) is -0.587. The number of aromatic nitrogens is 4. The van der Waals surface area contributed by atoms with Gasteiger partial charge in [-0.15, -0.1) is 0 Å². The molecule has 0 saturated carbocycles. The summed E-state index contributed by atoms with van der Waals surface area (Å²) in [5.41, 5.74) is 4.93. The van der Waals surface area contributed by atoms with E-state index in [0.717, 1.165) is 6.20 Å². The molecule has 0 atom stereocenters. The number of nitrogens with one attached hydrogen (secondary N) is 1. The van der Waals surface area contributed by atoms with E-state index in [2.05, 4.69) is 15.5 Å². The van der Waals surface area contributed by atoms with Crippen molar-refractivity contribution in [2.24, 2.45) is 12.8 Å². The van der Waals surface area contributed by atoms with Crippen LogP contribution in [0.15, 0.2) is 54.9 Å². The average Bonchev–Trinajstić information content (AvgIpc) is 3.42. The Bertz CT molecular complexity index is 1380. The second-order valence-corrected chi connectivity index (χ2v) is 8.40. The molecule has 1 amide bonds. The third-order valence-electron chi connectivity index (χ3n) is 5.12. The van der Waals surface area contributed by atoms with Gasteiger partial charge in [0.25, 0.3) is 5.91 Å². The molecule has 0 fully saturated rings. The first-order chi connectivity index (χ1) is 17.1. The number of hydrogen-bond acceptors (Lipinski definition) is 5. The number of halogens is 5. The Labute approximate surface area is 213 Å². The highest BCUT2D eigenvalue weighted by molar-refractivity contribution is 6.33. The molecule has 0 spiro atoms. The first kappa shape index (κ1) is 25.5. The fourth-order valence-corrected chi connectivity index (χ4v) is 3.96. The van der Waals surface area contributed by atoms with E-state index in [4.69, 9.17) is 33.7 Å². The first-order valence-corrected chi connectivity index (χ1v) is 11.2. The molecular weight excluding hydrogens is 520 g/mol. The molecule has 2 aromatic carbocycles. The van der Waals surface area contributed by atoms with Crippen LogP contribution in [-0.4, -0.2) is 38.6 Å². The molecule has 8 nitrogen and oxygen atoms in total. The number of carbonyl (C=O) groups excluding carboxylic acids is 1. The quantitative estimate of drug-likeness (QED) is 0.337. The molecule has 3 N–H and O–H groups in total. The van der Waals surface area contributed by atoms with Crippen molar-refractivity contribution in [1.82, 2.24) is 19.6 Å². The molecule has 0 aliphatic heterocycles. The number of alkyl halides is 3. The lowest BCUT2D eigenvalue weighted by Crippen LogP contribution is -2.20. The summed E-state index contributed by atoms with van der Waals surface area (Å²) < 4.78 is 49.8. The number of ether oxygens (including phenoxy) is 1. The zero-order chi connectivity index (χ0) is 26.0. The highest BCUT2D eigenvalue weighted by atomic mass is 35.5. The summed E-state index contributed by atoms with van der Waals surface area (Å²) in [4.78, 5) is 13.0. The molecule has 0 saturated heterocycles. The molecule has 36 heavy (non-hydrogen) atoms. The molecule has 4 aromatic rings. The number of rotatable bonds is 7. The van der Waals surface area contributed by atoms with Crippen molar-refractivity contribution < 1.29 is 22.7 Å². The van der Waals surface area contributed by atoms with Crippen molar-refractivity contribution in [2.45, 2.75) is 6.18 Å². The predicted octanol–water partition coefficient (Wildman–Crippen LogP) is 5.19. The number of benzene rings is 2. The van der Waals surface area contributed by atoms with Gasteiger partial charge in [0.1, 0.15) is 12.4 Å². The van der Waals surface area contributed by atoms with E-state index in [1.54, 1.807) is 13.1 Å². The van der Waals surface area contributed by atoms with Crippen LogP contribution < -0.4 is 15.8 Å². The van der Waals surface area contributed by atoms with E-state index >= 15 is 0 Å². The van der Waals surface area contributed by atoms with Gasteiger partial charge in [-0.3, -0.25) is 9.48 Å². The van der Waals surface area contributed by atoms with Crippen LogP contribution in [0.1, 0.15) is 16.1 Å². The van der Waals surface area contributed by atoms with Crippen LogP contribution in [0.4, 0.5) is 18.9 Å². The largest absolute Gasteiger partial charge is 0.492 e. The van der Waals surface area contributed by atoms with Gasteiger partial charge >= 0.3 is 6.18 Å². The molecule has 4 rings (SSSR count). The lowest BCUT2D eigenvalue weighted by Gasteiger charge is -2.15. The number of nitrogens with two attached hydrogens (primary N) is 1. The molecule has 188 valence electrons. The lowest BCUT2D eigenvalue weighted by molar-refractivity contribution is -0.143. The average molecular weight is 539 g/mol. The molecule has 0 radical (unpaired) electrons. The van der Waals surface area contributed by atoms with E-state index in [-0.39, 0.29) is 24.5 Å². The Balaban J connectivity index is 1.72. The van der Waals surface area contributed by atoms with Crippen LogP contribution in [0.5, 0.6) is 5.75 Å². The van der Waals surface area contributed by atoms with Gasteiger partial charge in [0.2, 0.25) is 0 Å². The van der Waals surface area contributed by atoms with Crippen LogP contribution in [0, 0.1) is 0 Å². The minimum Gasteiger partial charge on any atom is -0.492 e. The molecule has 2 aromatic heterocycles. The normalized spacial score (nSPS) is 11.5. The van der Waals surface area contributed by atoms with E-state index in [1.807, 2.05) is 0 Å². The van der Waals surface area contributed by atoms with Crippen LogP contribution in [-0.2, 0) is 13.2 Å². The summed E-state index contributed by atoms with van der Waals surface area (Å²) >= 11 is 12.1. The third-order valence-corrected chi connectivity index (χ3v) is 5.64. The van der Waals surface area contributed by atoms with Crippen LogP contribution in [0.25, 0.3) is 16.9 Å². The second kappa shape index (κ2) is 10.2. The first-order valence-electron chi connectivity index (χ1n) is 10.5. The fourth-order valence-electron chi connectivity index (χ4n) is 3.57. The van der Waals surface area contributed by atoms with Gasteiger partial charge in [-0.05, 0) is 42.5 Å². The monoisotopic (exact) mass is 538 g/mol. The summed E-state index contributed by atoms with van der Waals surface area (Å²) in [6.07, 6.45) is -2.56. The van der Waals surface area contributed by atoms with E-state index in [1.165, 1.54) is 47.3 Å². The molecule has 0 unspecified atom stereocenters. The van der Waals surface area contributed by atoms with Crippen LogP contribution in [0.2, 0.25) is 10.0 Å². The van der Waals surface area contributed by atoms with Gasteiger partial charge in [-0.1, -0.05) is 23.2 Å². The minimum absolute atomic E-state index is 0.0975. The SMILES string of the molecule is Cn1ncc(Cl)c1-c1cc(NC(=O)c2cnn(-c3ccc(Cl)cc3)c2C(F)(F)F)ccc1OCCN. The van der Waals surface area contributed by atoms with E-state index in [0.29, 0.717) is 31.7 Å². The standard InChI is InChI=1S/C23H19Cl2F3N6O2/c1-33-20(18(25)12-30-33)16-10-14(4-7-19(16)36-9-8-29)32-22(35)17-11-31-34(21(17)23(26,27)28)15-5-2-13(24)3-6-15/h2-7,10-12H,8-9,29H2,1H3,(H,32,35). The Morgan fingerprint density at radius 3 is 2.44 bits per heavy atom. The number of anilines is 1. The summed E-state index contributed by atoms with van der Waals surface area (Å²) in [5, 5.41) is 11.1. The number of amides is 1. The van der Waals surface area contributed by atoms with Gasteiger partial charge in [0, 0.05) is 29.9 Å². The maximum atomic E-state index is 14.0. The van der Waals surface area contributed by atoms with Crippen molar-refractivity contribution in [2.75, 3.05) is 18.5 Å². The van der Waals surface area contributed by atoms with Crippen molar-refractivity contribution in [3.05, 3.63) is 76.2 Å². The topological polar surface area (TPSA) is 100.0 Å². The Morgan fingerprint density at radius 1 is 1.11 bits per heavy atom. The number of carbonyl (C=O) groups is 1. The Hall–Kier alpha value is -3.54. The molecule has 0 aliphatic rings. The molecular formula is C23H19Cl2F3N6O2. The molecule has 2 heterocycles. The number of aryl methyl sites for hydroxylation is 1. The summed E-state index contributed by atoms with van der Waals surface area (Å²) in [7, 11) is 1.67. The lowest BCUT2D eigenvalue weighted by atomic mass is 10.1. The van der Waals surface area contributed by atoms with Crippen molar-refractivity contribution in [3.63, 3.8) is 0 Å². The Morgan fingerprint density at radius 2 is 1.83 bits per heavy atom. The minimum atomic E-state index is -4.86. The van der Waals surface area contributed by atoms with Gasteiger partial charge < -0.3 is 15.8 Å². The van der Waals surface area contributed by atoms with Gasteiger partial charge in [0.15, 0.2) is 5.69 Å². The smallest absolute Gasteiger partial charge is 0.434 e. The van der Waals surface area contributed by atoms with Crippen molar-refractivity contribution in [3.8, 4) is 22.7 Å². The predicted molar refractivity (Wildman–Crippen MR) is 130 cm³/mol. The second-order valence-electron chi connectivity index (χ2n) is 7.56. The summed E-state index contributed by atoms with van der Waals surface area (Å²) in [6, 6.07) is 10.2. The fraction of sp³-hybridized carbons (Fsp3) is 0.174.